The predicted molar refractivity (Wildman–Crippen MR) is 71.7 cm³/mol. The molecule has 0 saturated carbocycles. The molecule has 0 aliphatic rings. The Balaban J connectivity index is 0. The second-order valence-corrected chi connectivity index (χ2v) is 4.80. The average molecular weight is 322 g/mol. The van der Waals surface area contributed by atoms with Gasteiger partial charge in [-0.25, -0.2) is 4.79 Å². The van der Waals surface area contributed by atoms with Gasteiger partial charge in [-0.2, -0.15) is 0 Å². The van der Waals surface area contributed by atoms with Crippen LogP contribution in [0.1, 0.15) is 40.5 Å². The van der Waals surface area contributed by atoms with Gasteiger partial charge < -0.3 is 26.2 Å². The third kappa shape index (κ3) is 6.55. The molecule has 0 aromatic heterocycles. The number of likely N-dealkylation sites (N-methyl/N-ethyl adjacent to an activating group) is 1. The Hall–Kier alpha value is -0.350. The molecule has 0 aromatic rings. The fourth-order valence-corrected chi connectivity index (χ4v) is 2.17. The van der Waals surface area contributed by atoms with Crippen molar-refractivity contribution in [3.63, 3.8) is 0 Å². The van der Waals surface area contributed by atoms with Crippen LogP contribution in [-0.2, 0) is 9.53 Å². The first-order valence-electron chi connectivity index (χ1n) is 6.67. The zero-order valence-corrected chi connectivity index (χ0v) is 13.8. The number of ether oxygens (including phenoxy) is 1. The van der Waals surface area contributed by atoms with Crippen LogP contribution >= 0.6 is 0 Å². The van der Waals surface area contributed by atoms with Crippen molar-refractivity contribution >= 4 is 5.97 Å². The summed E-state index contributed by atoms with van der Waals surface area (Å²) in [6.07, 6.45) is 3.66. The summed E-state index contributed by atoms with van der Waals surface area (Å²) in [7, 11) is 0. The zero-order chi connectivity index (χ0) is 13.3. The molecule has 4 heteroatoms. The molecule has 1 unspecified atom stereocenters. The van der Waals surface area contributed by atoms with Crippen LogP contribution in [0.4, 0.5) is 0 Å². The third-order valence-electron chi connectivity index (χ3n) is 3.63. The molecule has 0 aliphatic heterocycles. The number of quaternary nitrogens is 1. The normalized spacial score (nSPS) is 13.6. The smallest absolute Gasteiger partial charge is 0.330 e. The molecule has 0 rings (SSSR count). The maximum atomic E-state index is 11.0. The number of nitrogens with zero attached hydrogens (tertiary/aromatic N) is 1. The number of unbranched alkanes of at least 4 members (excludes halogenated alkanes) is 1. The molecule has 0 aliphatic carbocycles. The molecular weight excluding hydrogens is 294 g/mol. The summed E-state index contributed by atoms with van der Waals surface area (Å²) in [5.41, 5.74) is 0. The van der Waals surface area contributed by atoms with Crippen molar-refractivity contribution in [1.82, 2.24) is 0 Å². The summed E-state index contributed by atoms with van der Waals surface area (Å²) in [4.78, 5) is 11.0. The molecule has 0 saturated heterocycles. The summed E-state index contributed by atoms with van der Waals surface area (Å²) in [6, 6.07) is 0.564. The Labute approximate surface area is 123 Å². The third-order valence-corrected chi connectivity index (χ3v) is 3.63. The number of rotatable bonds is 9. The second-order valence-electron chi connectivity index (χ2n) is 4.80. The van der Waals surface area contributed by atoms with Crippen molar-refractivity contribution in [3.8, 4) is 0 Å². The number of hydrogen-bond acceptors (Lipinski definition) is 2. The van der Waals surface area contributed by atoms with Crippen LogP contribution in [0.5, 0.6) is 0 Å². The van der Waals surface area contributed by atoms with Gasteiger partial charge in [-0.1, -0.05) is 19.9 Å². The van der Waals surface area contributed by atoms with Crippen molar-refractivity contribution in [2.45, 2.75) is 46.6 Å². The van der Waals surface area contributed by atoms with E-state index >= 15 is 0 Å². The standard InChI is InChI=1S/C14H28NO2.BrH/c1-6-9-10-15(8-3,13(4)5)11-12-17-14(16)7-2;/h7,13H,2,6,8-12H2,1,3-5H3;1H/q+1;/p-1. The number of esters is 1. The van der Waals surface area contributed by atoms with Gasteiger partial charge in [-0.15, -0.1) is 0 Å². The van der Waals surface area contributed by atoms with E-state index in [4.69, 9.17) is 4.74 Å². The van der Waals surface area contributed by atoms with Gasteiger partial charge in [-0.3, -0.25) is 0 Å². The first-order chi connectivity index (χ1) is 8.02. The van der Waals surface area contributed by atoms with Gasteiger partial charge in [0.25, 0.3) is 0 Å². The number of hydrogen-bond donors (Lipinski definition) is 0. The van der Waals surface area contributed by atoms with E-state index in [-0.39, 0.29) is 23.0 Å². The summed E-state index contributed by atoms with van der Waals surface area (Å²) in [5, 5.41) is 0. The lowest BCUT2D eigenvalue weighted by Crippen LogP contribution is -3.00. The van der Waals surface area contributed by atoms with Gasteiger partial charge in [0.1, 0.15) is 13.2 Å². The first kappa shape index (κ1) is 20.0. The molecule has 0 heterocycles. The molecule has 108 valence electrons. The summed E-state index contributed by atoms with van der Waals surface area (Å²) in [6.45, 7) is 15.9. The van der Waals surface area contributed by atoms with Crippen LogP contribution in [0, 0.1) is 0 Å². The van der Waals surface area contributed by atoms with E-state index < -0.39 is 0 Å². The van der Waals surface area contributed by atoms with Crippen LogP contribution in [-0.4, -0.2) is 42.7 Å². The SMILES string of the molecule is C=CC(=O)OCC[N+](CC)(CCCC)C(C)C.[Br-]. The lowest BCUT2D eigenvalue weighted by molar-refractivity contribution is -0.946. The maximum Gasteiger partial charge on any atom is 0.330 e. The average Bonchev–Trinajstić information content (AvgIpc) is 2.33. The quantitative estimate of drug-likeness (QED) is 0.333. The molecule has 1 atom stereocenters. The molecule has 0 spiro atoms. The largest absolute Gasteiger partial charge is 1.00 e. The Morgan fingerprint density at radius 1 is 1.33 bits per heavy atom. The van der Waals surface area contributed by atoms with Gasteiger partial charge in [-0.05, 0) is 27.2 Å². The molecule has 0 amide bonds. The van der Waals surface area contributed by atoms with Crippen molar-refractivity contribution in [1.29, 1.82) is 0 Å². The summed E-state index contributed by atoms with van der Waals surface area (Å²) in [5.74, 6) is -0.321. The lowest BCUT2D eigenvalue weighted by atomic mass is 10.1. The fourth-order valence-electron chi connectivity index (χ4n) is 2.17. The van der Waals surface area contributed by atoms with E-state index in [2.05, 4.69) is 34.3 Å². The summed E-state index contributed by atoms with van der Waals surface area (Å²) >= 11 is 0. The van der Waals surface area contributed by atoms with Crippen molar-refractivity contribution in [3.05, 3.63) is 12.7 Å². The van der Waals surface area contributed by atoms with E-state index in [0.29, 0.717) is 12.6 Å². The second kappa shape index (κ2) is 10.6. The highest BCUT2D eigenvalue weighted by Crippen LogP contribution is 2.15. The van der Waals surface area contributed by atoms with Gasteiger partial charge in [0.2, 0.25) is 0 Å². The molecule has 3 nitrogen and oxygen atoms in total. The van der Waals surface area contributed by atoms with E-state index in [9.17, 15) is 4.79 Å². The van der Waals surface area contributed by atoms with Crippen LogP contribution < -0.4 is 17.0 Å². The minimum absolute atomic E-state index is 0. The van der Waals surface area contributed by atoms with E-state index in [1.165, 1.54) is 18.9 Å². The Morgan fingerprint density at radius 2 is 1.94 bits per heavy atom. The van der Waals surface area contributed by atoms with E-state index in [1.807, 2.05) is 0 Å². The van der Waals surface area contributed by atoms with Crippen molar-refractivity contribution in [2.24, 2.45) is 0 Å². The monoisotopic (exact) mass is 321 g/mol. The highest BCUT2D eigenvalue weighted by atomic mass is 79.9. The number of carbonyl (C=O) groups excluding carboxylic acids is 1. The highest BCUT2D eigenvalue weighted by Gasteiger charge is 2.28. The Morgan fingerprint density at radius 3 is 2.33 bits per heavy atom. The topological polar surface area (TPSA) is 26.3 Å². The van der Waals surface area contributed by atoms with Crippen molar-refractivity contribution in [2.75, 3.05) is 26.2 Å². The molecule has 0 fully saturated rings. The number of carbonyl (C=O) groups is 1. The molecule has 0 bridgehead atoms. The van der Waals surface area contributed by atoms with Gasteiger partial charge in [0.15, 0.2) is 0 Å². The predicted octanol–water partition coefficient (Wildman–Crippen LogP) is -0.235. The van der Waals surface area contributed by atoms with Crippen LogP contribution in [0.15, 0.2) is 12.7 Å². The van der Waals surface area contributed by atoms with Crippen LogP contribution in [0.25, 0.3) is 0 Å². The maximum absolute atomic E-state index is 11.0. The van der Waals surface area contributed by atoms with E-state index in [0.717, 1.165) is 24.1 Å². The van der Waals surface area contributed by atoms with Crippen LogP contribution in [0.3, 0.4) is 0 Å². The van der Waals surface area contributed by atoms with Gasteiger partial charge in [0, 0.05) is 6.08 Å². The molecular formula is C14H28BrNO2. The fraction of sp³-hybridized carbons (Fsp3) is 0.786. The number of halogens is 1. The van der Waals surface area contributed by atoms with Crippen molar-refractivity contribution < 1.29 is 31.0 Å². The first-order valence-corrected chi connectivity index (χ1v) is 6.67. The minimum atomic E-state index is -0.321. The highest BCUT2D eigenvalue weighted by molar-refractivity contribution is 5.81. The zero-order valence-electron chi connectivity index (χ0n) is 12.2. The summed E-state index contributed by atoms with van der Waals surface area (Å²) < 4.78 is 6.13. The molecule has 0 N–H and O–H groups in total. The Kier molecular flexibility index (Phi) is 11.7. The van der Waals surface area contributed by atoms with Gasteiger partial charge in [0.05, 0.1) is 19.1 Å². The van der Waals surface area contributed by atoms with Gasteiger partial charge >= 0.3 is 5.97 Å². The Bertz CT molecular complexity index is 244. The molecule has 0 radical (unpaired) electrons. The molecule has 18 heavy (non-hydrogen) atoms. The minimum Gasteiger partial charge on any atom is -1.00 e. The lowest BCUT2D eigenvalue weighted by Gasteiger charge is -2.41. The van der Waals surface area contributed by atoms with E-state index in [1.54, 1.807) is 0 Å². The van der Waals surface area contributed by atoms with Crippen LogP contribution in [0.2, 0.25) is 0 Å². The molecule has 0 aromatic carbocycles.